The van der Waals surface area contributed by atoms with E-state index in [2.05, 4.69) is 15.5 Å². The summed E-state index contributed by atoms with van der Waals surface area (Å²) in [6, 6.07) is 14.5. The van der Waals surface area contributed by atoms with E-state index in [-0.39, 0.29) is 18.3 Å². The summed E-state index contributed by atoms with van der Waals surface area (Å²) in [6.45, 7) is 2.67. The fourth-order valence-corrected chi connectivity index (χ4v) is 2.89. The first-order valence-corrected chi connectivity index (χ1v) is 8.31. The van der Waals surface area contributed by atoms with Crippen molar-refractivity contribution >= 4 is 17.3 Å². The second-order valence-electron chi connectivity index (χ2n) is 5.98. The van der Waals surface area contributed by atoms with Crippen molar-refractivity contribution in [2.75, 3.05) is 29.9 Å². The number of amides is 1. The van der Waals surface area contributed by atoms with E-state index in [9.17, 15) is 9.18 Å². The number of carbonyl (C=O) groups is 1. The Bertz CT molecular complexity index is 681. The van der Waals surface area contributed by atoms with Gasteiger partial charge in [-0.25, -0.2) is 4.39 Å². The topological polar surface area (TPSA) is 44.4 Å². The zero-order valence-electron chi connectivity index (χ0n) is 13.6. The van der Waals surface area contributed by atoms with Gasteiger partial charge in [-0.1, -0.05) is 18.2 Å². The van der Waals surface area contributed by atoms with Crippen LogP contribution in [0.5, 0.6) is 0 Å². The number of carbonyl (C=O) groups excluding carboxylic acids is 1. The van der Waals surface area contributed by atoms with Crippen molar-refractivity contribution in [3.05, 3.63) is 59.9 Å². The zero-order chi connectivity index (χ0) is 16.8. The maximum absolute atomic E-state index is 13.5. The molecular formula is C19H22FN3O. The Morgan fingerprint density at radius 1 is 1.04 bits per heavy atom. The Morgan fingerprint density at radius 2 is 1.75 bits per heavy atom. The van der Waals surface area contributed by atoms with Crippen LogP contribution in [-0.4, -0.2) is 25.5 Å². The highest BCUT2D eigenvalue weighted by Crippen LogP contribution is 2.21. The van der Waals surface area contributed by atoms with Crippen molar-refractivity contribution in [2.24, 2.45) is 0 Å². The third-order valence-corrected chi connectivity index (χ3v) is 4.18. The third kappa shape index (κ3) is 4.32. The Labute approximate surface area is 141 Å². The Kier molecular flexibility index (Phi) is 5.43. The lowest BCUT2D eigenvalue weighted by Crippen LogP contribution is -2.28. The number of anilines is 2. The van der Waals surface area contributed by atoms with Crippen LogP contribution in [0.15, 0.2) is 48.5 Å². The van der Waals surface area contributed by atoms with E-state index in [1.54, 1.807) is 18.2 Å². The molecule has 1 amide bonds. The molecule has 126 valence electrons. The van der Waals surface area contributed by atoms with Gasteiger partial charge >= 0.3 is 0 Å². The van der Waals surface area contributed by atoms with Crippen LogP contribution >= 0.6 is 0 Å². The molecule has 1 heterocycles. The van der Waals surface area contributed by atoms with Gasteiger partial charge in [0.25, 0.3) is 0 Å². The molecular weight excluding hydrogens is 305 g/mol. The first-order valence-electron chi connectivity index (χ1n) is 8.31. The minimum absolute atomic E-state index is 0.139. The molecule has 2 N–H and O–H groups in total. The molecule has 0 atom stereocenters. The second kappa shape index (κ2) is 7.93. The van der Waals surface area contributed by atoms with Gasteiger partial charge in [0.1, 0.15) is 5.82 Å². The smallest absolute Gasteiger partial charge is 0.238 e. The summed E-state index contributed by atoms with van der Waals surface area (Å²) in [5.41, 5.74) is 2.53. The van der Waals surface area contributed by atoms with Crippen molar-refractivity contribution in [2.45, 2.75) is 19.4 Å². The van der Waals surface area contributed by atoms with Crippen LogP contribution in [0.2, 0.25) is 0 Å². The van der Waals surface area contributed by atoms with E-state index >= 15 is 0 Å². The molecule has 4 nitrogen and oxygen atoms in total. The Hall–Kier alpha value is -2.40. The number of rotatable bonds is 6. The summed E-state index contributed by atoms with van der Waals surface area (Å²) in [4.78, 5) is 14.3. The highest BCUT2D eigenvalue weighted by Gasteiger charge is 2.12. The van der Waals surface area contributed by atoms with Crippen molar-refractivity contribution in [3.8, 4) is 0 Å². The standard InChI is InChI=1S/C19H22FN3O/c20-18-6-2-1-5-15(18)13-21-14-19(24)22-16-7-9-17(10-8-16)23-11-3-4-12-23/h1-2,5-10,21H,3-4,11-14H2,(H,22,24). The SMILES string of the molecule is O=C(CNCc1ccccc1F)Nc1ccc(N2CCCC2)cc1. The van der Waals surface area contributed by atoms with Crippen molar-refractivity contribution in [3.63, 3.8) is 0 Å². The summed E-state index contributed by atoms with van der Waals surface area (Å²) in [5, 5.41) is 5.81. The largest absolute Gasteiger partial charge is 0.372 e. The number of nitrogens with zero attached hydrogens (tertiary/aromatic N) is 1. The number of hydrogen-bond acceptors (Lipinski definition) is 3. The number of benzene rings is 2. The Morgan fingerprint density at radius 3 is 2.46 bits per heavy atom. The summed E-state index contributed by atoms with van der Waals surface area (Å²) < 4.78 is 13.5. The molecule has 0 saturated carbocycles. The van der Waals surface area contributed by atoms with Crippen LogP contribution < -0.4 is 15.5 Å². The van der Waals surface area contributed by atoms with E-state index in [1.807, 2.05) is 24.3 Å². The van der Waals surface area contributed by atoms with Crippen molar-refractivity contribution in [1.29, 1.82) is 0 Å². The van der Waals surface area contributed by atoms with E-state index in [4.69, 9.17) is 0 Å². The number of hydrogen-bond donors (Lipinski definition) is 2. The quantitative estimate of drug-likeness (QED) is 0.857. The molecule has 1 saturated heterocycles. The normalized spacial score (nSPS) is 14.0. The lowest BCUT2D eigenvalue weighted by molar-refractivity contribution is -0.115. The molecule has 0 radical (unpaired) electrons. The van der Waals surface area contributed by atoms with Gasteiger partial charge in [0, 0.05) is 36.6 Å². The van der Waals surface area contributed by atoms with Gasteiger partial charge in [0.05, 0.1) is 6.54 Å². The molecule has 0 unspecified atom stereocenters. The van der Waals surface area contributed by atoms with Gasteiger partial charge in [-0.3, -0.25) is 4.79 Å². The fourth-order valence-electron chi connectivity index (χ4n) is 2.89. The molecule has 1 aliphatic heterocycles. The van der Waals surface area contributed by atoms with Gasteiger partial charge < -0.3 is 15.5 Å². The molecule has 1 fully saturated rings. The van der Waals surface area contributed by atoms with Crippen LogP contribution in [0.25, 0.3) is 0 Å². The Balaban J connectivity index is 1.45. The molecule has 2 aromatic carbocycles. The van der Waals surface area contributed by atoms with Crippen LogP contribution in [0.3, 0.4) is 0 Å². The van der Waals surface area contributed by atoms with Gasteiger partial charge in [-0.2, -0.15) is 0 Å². The predicted octanol–water partition coefficient (Wildman–Crippen LogP) is 3.15. The molecule has 2 aromatic rings. The third-order valence-electron chi connectivity index (χ3n) is 4.18. The van der Waals surface area contributed by atoms with Crippen LogP contribution in [0.4, 0.5) is 15.8 Å². The minimum Gasteiger partial charge on any atom is -0.372 e. The molecule has 0 spiro atoms. The molecule has 0 bridgehead atoms. The number of nitrogens with one attached hydrogen (secondary N) is 2. The monoisotopic (exact) mass is 327 g/mol. The highest BCUT2D eigenvalue weighted by atomic mass is 19.1. The lowest BCUT2D eigenvalue weighted by Gasteiger charge is -2.17. The van der Waals surface area contributed by atoms with Crippen molar-refractivity contribution in [1.82, 2.24) is 5.32 Å². The van der Waals surface area contributed by atoms with E-state index in [0.29, 0.717) is 12.1 Å². The predicted molar refractivity (Wildman–Crippen MR) is 94.6 cm³/mol. The maximum atomic E-state index is 13.5. The molecule has 0 aromatic heterocycles. The summed E-state index contributed by atoms with van der Waals surface area (Å²) >= 11 is 0. The summed E-state index contributed by atoms with van der Waals surface area (Å²) in [5.74, 6) is -0.400. The highest BCUT2D eigenvalue weighted by molar-refractivity contribution is 5.92. The maximum Gasteiger partial charge on any atom is 0.238 e. The molecule has 0 aliphatic carbocycles. The average molecular weight is 327 g/mol. The lowest BCUT2D eigenvalue weighted by atomic mass is 10.2. The van der Waals surface area contributed by atoms with Gasteiger partial charge in [-0.15, -0.1) is 0 Å². The average Bonchev–Trinajstić information content (AvgIpc) is 3.12. The fraction of sp³-hybridized carbons (Fsp3) is 0.316. The number of halogens is 1. The first-order chi connectivity index (χ1) is 11.7. The van der Waals surface area contributed by atoms with E-state index < -0.39 is 0 Å². The van der Waals surface area contributed by atoms with Crippen LogP contribution in [-0.2, 0) is 11.3 Å². The van der Waals surface area contributed by atoms with Gasteiger partial charge in [0.2, 0.25) is 5.91 Å². The summed E-state index contributed by atoms with van der Waals surface area (Å²) in [7, 11) is 0. The second-order valence-corrected chi connectivity index (χ2v) is 5.98. The summed E-state index contributed by atoms with van der Waals surface area (Å²) in [6.07, 6.45) is 2.48. The van der Waals surface area contributed by atoms with Gasteiger partial charge in [0.15, 0.2) is 0 Å². The molecule has 24 heavy (non-hydrogen) atoms. The van der Waals surface area contributed by atoms with E-state index in [0.717, 1.165) is 18.8 Å². The van der Waals surface area contributed by atoms with Crippen LogP contribution in [0.1, 0.15) is 18.4 Å². The van der Waals surface area contributed by atoms with Crippen LogP contribution in [0, 0.1) is 5.82 Å². The first kappa shape index (κ1) is 16.5. The minimum atomic E-state index is -0.261. The van der Waals surface area contributed by atoms with Crippen molar-refractivity contribution < 1.29 is 9.18 Å². The molecule has 5 heteroatoms. The van der Waals surface area contributed by atoms with Gasteiger partial charge in [-0.05, 0) is 43.2 Å². The molecule has 1 aliphatic rings. The van der Waals surface area contributed by atoms with E-state index in [1.165, 1.54) is 24.6 Å². The zero-order valence-corrected chi connectivity index (χ0v) is 13.6. The molecule has 3 rings (SSSR count).